The Morgan fingerprint density at radius 2 is 2.00 bits per heavy atom. The van der Waals surface area contributed by atoms with Crippen LogP contribution in [0.2, 0.25) is 0 Å². The van der Waals surface area contributed by atoms with Gasteiger partial charge in [-0.2, -0.15) is 0 Å². The summed E-state index contributed by atoms with van der Waals surface area (Å²) in [5.41, 5.74) is 7.23. The molecule has 0 bridgehead atoms. The van der Waals surface area contributed by atoms with Crippen LogP contribution in [-0.2, 0) is 0 Å². The lowest BCUT2D eigenvalue weighted by atomic mass is 10.2. The molecule has 5 heteroatoms. The van der Waals surface area contributed by atoms with Crippen molar-refractivity contribution in [3.8, 4) is 11.4 Å². The molecule has 1 unspecified atom stereocenters. The molecular formula is C13H17N5. The molecule has 2 rings (SSSR count). The molecule has 94 valence electrons. The van der Waals surface area contributed by atoms with E-state index in [2.05, 4.69) is 15.2 Å². The molecular weight excluding hydrogens is 226 g/mol. The van der Waals surface area contributed by atoms with E-state index in [1.54, 1.807) is 6.20 Å². The number of hydrogen-bond acceptors (Lipinski definition) is 5. The maximum atomic E-state index is 5.63. The summed E-state index contributed by atoms with van der Waals surface area (Å²) in [6, 6.07) is 9.81. The van der Waals surface area contributed by atoms with Gasteiger partial charge in [0.2, 0.25) is 0 Å². The van der Waals surface area contributed by atoms with Gasteiger partial charge in [0.25, 0.3) is 0 Å². The lowest BCUT2D eigenvalue weighted by Crippen LogP contribution is -2.35. The number of hydrogen-bond donors (Lipinski definition) is 1. The average molecular weight is 243 g/mol. The number of rotatable bonds is 4. The van der Waals surface area contributed by atoms with Crippen molar-refractivity contribution in [1.29, 1.82) is 0 Å². The monoisotopic (exact) mass is 243 g/mol. The second-order valence-electron chi connectivity index (χ2n) is 4.19. The SMILES string of the molecule is CC(CN)N(C)c1ccc(-c2ccccn2)nn1. The van der Waals surface area contributed by atoms with Gasteiger partial charge in [0.15, 0.2) is 5.82 Å². The zero-order valence-corrected chi connectivity index (χ0v) is 10.6. The van der Waals surface area contributed by atoms with Gasteiger partial charge in [-0.25, -0.2) is 0 Å². The summed E-state index contributed by atoms with van der Waals surface area (Å²) in [4.78, 5) is 6.25. The normalized spacial score (nSPS) is 12.2. The van der Waals surface area contributed by atoms with Crippen molar-refractivity contribution in [3.05, 3.63) is 36.5 Å². The molecule has 0 spiro atoms. The van der Waals surface area contributed by atoms with Gasteiger partial charge in [-0.15, -0.1) is 10.2 Å². The van der Waals surface area contributed by atoms with Crippen molar-refractivity contribution >= 4 is 5.82 Å². The van der Waals surface area contributed by atoms with E-state index < -0.39 is 0 Å². The molecule has 2 heterocycles. The topological polar surface area (TPSA) is 67.9 Å². The van der Waals surface area contributed by atoms with E-state index in [-0.39, 0.29) is 6.04 Å². The summed E-state index contributed by atoms with van der Waals surface area (Å²) in [6.45, 7) is 2.63. The lowest BCUT2D eigenvalue weighted by Gasteiger charge is -2.23. The van der Waals surface area contributed by atoms with Crippen LogP contribution in [0.25, 0.3) is 11.4 Å². The van der Waals surface area contributed by atoms with E-state index in [4.69, 9.17) is 5.73 Å². The summed E-state index contributed by atoms with van der Waals surface area (Å²) in [5, 5.41) is 8.40. The van der Waals surface area contributed by atoms with Crippen molar-refractivity contribution in [2.45, 2.75) is 13.0 Å². The number of aromatic nitrogens is 3. The molecule has 0 saturated heterocycles. The molecule has 1 atom stereocenters. The maximum absolute atomic E-state index is 5.63. The number of nitrogens with two attached hydrogens (primary N) is 1. The molecule has 0 fully saturated rings. The number of pyridine rings is 1. The molecule has 2 aromatic rings. The van der Waals surface area contributed by atoms with Crippen molar-refractivity contribution in [2.75, 3.05) is 18.5 Å². The number of anilines is 1. The summed E-state index contributed by atoms with van der Waals surface area (Å²) in [5.74, 6) is 0.813. The molecule has 2 N–H and O–H groups in total. The zero-order chi connectivity index (χ0) is 13.0. The van der Waals surface area contributed by atoms with E-state index in [1.165, 1.54) is 0 Å². The van der Waals surface area contributed by atoms with Gasteiger partial charge in [0.05, 0.1) is 5.69 Å². The van der Waals surface area contributed by atoms with Gasteiger partial charge in [-0.3, -0.25) is 4.98 Å². The Morgan fingerprint density at radius 3 is 2.56 bits per heavy atom. The highest BCUT2D eigenvalue weighted by Gasteiger charge is 2.10. The number of likely N-dealkylation sites (N-methyl/N-ethyl adjacent to an activating group) is 1. The third kappa shape index (κ3) is 2.62. The van der Waals surface area contributed by atoms with Gasteiger partial charge in [-0.1, -0.05) is 6.07 Å². The van der Waals surface area contributed by atoms with Gasteiger partial charge in [-0.05, 0) is 31.2 Å². The van der Waals surface area contributed by atoms with Gasteiger partial charge < -0.3 is 10.6 Å². The van der Waals surface area contributed by atoms with Crippen LogP contribution in [0, 0.1) is 0 Å². The van der Waals surface area contributed by atoms with Gasteiger partial charge >= 0.3 is 0 Å². The Balaban J connectivity index is 2.20. The smallest absolute Gasteiger partial charge is 0.151 e. The fourth-order valence-corrected chi connectivity index (χ4v) is 1.55. The fraction of sp³-hybridized carbons (Fsp3) is 0.308. The quantitative estimate of drug-likeness (QED) is 0.877. The first-order chi connectivity index (χ1) is 8.72. The van der Waals surface area contributed by atoms with Crippen molar-refractivity contribution < 1.29 is 0 Å². The molecule has 0 amide bonds. The van der Waals surface area contributed by atoms with Gasteiger partial charge in [0, 0.05) is 25.8 Å². The minimum absolute atomic E-state index is 0.236. The van der Waals surface area contributed by atoms with E-state index in [9.17, 15) is 0 Å². The van der Waals surface area contributed by atoms with Crippen LogP contribution < -0.4 is 10.6 Å². The molecule has 0 radical (unpaired) electrons. The maximum Gasteiger partial charge on any atom is 0.151 e. The van der Waals surface area contributed by atoms with E-state index in [0.717, 1.165) is 17.2 Å². The first-order valence-electron chi connectivity index (χ1n) is 5.90. The molecule has 5 nitrogen and oxygen atoms in total. The molecule has 0 saturated carbocycles. The molecule has 2 aromatic heterocycles. The summed E-state index contributed by atoms with van der Waals surface area (Å²) >= 11 is 0. The standard InChI is InChI=1S/C13H17N5/c1-10(9-14)18(2)13-7-6-12(16-17-13)11-5-3-4-8-15-11/h3-8,10H,9,14H2,1-2H3. The van der Waals surface area contributed by atoms with Crippen LogP contribution >= 0.6 is 0 Å². The van der Waals surface area contributed by atoms with Crippen LogP contribution in [0.1, 0.15) is 6.92 Å². The summed E-state index contributed by atoms with van der Waals surface area (Å²) in [7, 11) is 1.96. The largest absolute Gasteiger partial charge is 0.354 e. The van der Waals surface area contributed by atoms with E-state index in [1.807, 2.05) is 49.2 Å². The third-order valence-electron chi connectivity index (χ3n) is 2.94. The molecule has 0 aliphatic carbocycles. The second kappa shape index (κ2) is 5.55. The molecule has 0 aliphatic rings. The summed E-state index contributed by atoms with van der Waals surface area (Å²) < 4.78 is 0. The Bertz CT molecular complexity index is 482. The fourth-order valence-electron chi connectivity index (χ4n) is 1.55. The van der Waals surface area contributed by atoms with Crippen molar-refractivity contribution in [3.63, 3.8) is 0 Å². The summed E-state index contributed by atoms with van der Waals surface area (Å²) in [6.07, 6.45) is 1.74. The average Bonchev–Trinajstić information content (AvgIpc) is 2.47. The van der Waals surface area contributed by atoms with Crippen molar-refractivity contribution in [2.24, 2.45) is 5.73 Å². The molecule has 0 aromatic carbocycles. The minimum Gasteiger partial charge on any atom is -0.354 e. The van der Waals surface area contributed by atoms with Gasteiger partial charge in [0.1, 0.15) is 5.69 Å². The van der Waals surface area contributed by atoms with Crippen LogP contribution in [0.4, 0.5) is 5.82 Å². The zero-order valence-electron chi connectivity index (χ0n) is 10.6. The van der Waals surface area contributed by atoms with Crippen LogP contribution in [-0.4, -0.2) is 34.8 Å². The first-order valence-corrected chi connectivity index (χ1v) is 5.90. The van der Waals surface area contributed by atoms with Crippen LogP contribution in [0.3, 0.4) is 0 Å². The van der Waals surface area contributed by atoms with E-state index in [0.29, 0.717) is 6.54 Å². The predicted octanol–water partition coefficient (Wildman–Crippen LogP) is 1.32. The molecule has 18 heavy (non-hydrogen) atoms. The van der Waals surface area contributed by atoms with E-state index >= 15 is 0 Å². The highest BCUT2D eigenvalue weighted by molar-refractivity contribution is 5.54. The Hall–Kier alpha value is -2.01. The highest BCUT2D eigenvalue weighted by Crippen LogP contribution is 2.16. The molecule has 0 aliphatic heterocycles. The Morgan fingerprint density at radius 1 is 1.17 bits per heavy atom. The van der Waals surface area contributed by atoms with Crippen LogP contribution in [0.15, 0.2) is 36.5 Å². The Kier molecular flexibility index (Phi) is 3.84. The number of nitrogens with zero attached hydrogens (tertiary/aromatic N) is 4. The van der Waals surface area contributed by atoms with Crippen LogP contribution in [0.5, 0.6) is 0 Å². The first kappa shape index (κ1) is 12.4. The Labute approximate surface area is 107 Å². The lowest BCUT2D eigenvalue weighted by molar-refractivity contribution is 0.682. The predicted molar refractivity (Wildman–Crippen MR) is 72.2 cm³/mol. The minimum atomic E-state index is 0.236. The highest BCUT2D eigenvalue weighted by atomic mass is 15.3. The van der Waals surface area contributed by atoms with Crippen molar-refractivity contribution in [1.82, 2.24) is 15.2 Å². The second-order valence-corrected chi connectivity index (χ2v) is 4.19. The third-order valence-corrected chi connectivity index (χ3v) is 2.94.